The summed E-state index contributed by atoms with van der Waals surface area (Å²) in [4.78, 5) is 29.1. The van der Waals surface area contributed by atoms with Crippen LogP contribution in [0.1, 0.15) is 38.5 Å². The van der Waals surface area contributed by atoms with Crippen molar-refractivity contribution in [1.82, 2.24) is 9.80 Å². The molecule has 4 rings (SSSR count). The van der Waals surface area contributed by atoms with Crippen LogP contribution in [0.5, 0.6) is 11.5 Å². The number of rotatable bonds is 5. The third kappa shape index (κ3) is 5.38. The molecular weight excluding hydrogens is 406 g/mol. The van der Waals surface area contributed by atoms with Gasteiger partial charge in [-0.05, 0) is 18.8 Å². The number of carbonyl (C=O) groups is 2. The van der Waals surface area contributed by atoms with Crippen LogP contribution in [0.4, 0.5) is 5.69 Å². The maximum Gasteiger partial charge on any atom is 0.238 e. The summed E-state index contributed by atoms with van der Waals surface area (Å²) >= 11 is 6.27. The Morgan fingerprint density at radius 1 is 1.00 bits per heavy atom. The van der Waals surface area contributed by atoms with E-state index < -0.39 is 0 Å². The zero-order valence-electron chi connectivity index (χ0n) is 17.3. The van der Waals surface area contributed by atoms with Crippen molar-refractivity contribution in [3.05, 3.63) is 17.2 Å². The van der Waals surface area contributed by atoms with Crippen LogP contribution in [0.25, 0.3) is 0 Å². The first-order valence-corrected chi connectivity index (χ1v) is 11.4. The molecule has 0 atom stereocenters. The Morgan fingerprint density at radius 2 is 1.67 bits per heavy atom. The molecule has 30 heavy (non-hydrogen) atoms. The molecule has 0 bridgehead atoms. The van der Waals surface area contributed by atoms with E-state index >= 15 is 0 Å². The summed E-state index contributed by atoms with van der Waals surface area (Å²) in [7, 11) is 0. The van der Waals surface area contributed by atoms with Crippen LogP contribution in [-0.4, -0.2) is 67.6 Å². The maximum atomic E-state index is 12.6. The summed E-state index contributed by atoms with van der Waals surface area (Å²) in [5.74, 6) is 1.89. The van der Waals surface area contributed by atoms with Crippen molar-refractivity contribution in [1.29, 1.82) is 0 Å². The molecule has 3 aliphatic rings. The summed E-state index contributed by atoms with van der Waals surface area (Å²) in [5, 5.41) is 3.29. The average Bonchev–Trinajstić information content (AvgIpc) is 2.75. The lowest BCUT2D eigenvalue weighted by Gasteiger charge is -2.35. The molecule has 0 radical (unpaired) electrons. The highest BCUT2D eigenvalue weighted by molar-refractivity contribution is 6.34. The maximum absolute atomic E-state index is 12.6. The summed E-state index contributed by atoms with van der Waals surface area (Å²) in [5.41, 5.74) is 0.521. The first kappa shape index (κ1) is 21.2. The van der Waals surface area contributed by atoms with Crippen LogP contribution >= 0.6 is 11.6 Å². The van der Waals surface area contributed by atoms with Gasteiger partial charge < -0.3 is 19.7 Å². The van der Waals surface area contributed by atoms with E-state index in [-0.39, 0.29) is 18.4 Å². The van der Waals surface area contributed by atoms with Crippen LogP contribution in [0.2, 0.25) is 5.02 Å². The van der Waals surface area contributed by atoms with Crippen LogP contribution in [-0.2, 0) is 9.59 Å². The van der Waals surface area contributed by atoms with Crippen LogP contribution in [0, 0.1) is 5.92 Å². The van der Waals surface area contributed by atoms with E-state index in [1.54, 1.807) is 12.1 Å². The summed E-state index contributed by atoms with van der Waals surface area (Å²) in [6.45, 7) is 4.02. The van der Waals surface area contributed by atoms with Gasteiger partial charge in [-0.25, -0.2) is 0 Å². The number of anilines is 1. The number of nitrogens with one attached hydrogen (secondary N) is 1. The van der Waals surface area contributed by atoms with Crippen LogP contribution in [0.3, 0.4) is 0 Å². The number of hydrogen-bond acceptors (Lipinski definition) is 5. The number of nitrogens with zero attached hydrogens (tertiary/aromatic N) is 2. The Kier molecular flexibility index (Phi) is 7.00. The molecule has 1 saturated heterocycles. The molecule has 2 aliphatic heterocycles. The molecule has 2 fully saturated rings. The minimum absolute atomic E-state index is 0.129. The monoisotopic (exact) mass is 435 g/mol. The third-order valence-corrected chi connectivity index (χ3v) is 6.50. The number of benzene rings is 1. The molecule has 1 aromatic carbocycles. The molecule has 1 N–H and O–H groups in total. The molecule has 2 heterocycles. The van der Waals surface area contributed by atoms with Crippen LogP contribution < -0.4 is 14.8 Å². The number of ether oxygens (including phenoxy) is 2. The molecule has 7 nitrogen and oxygen atoms in total. The van der Waals surface area contributed by atoms with Gasteiger partial charge >= 0.3 is 0 Å². The molecular formula is C22H30ClN3O4. The molecule has 0 spiro atoms. The van der Waals surface area contributed by atoms with Gasteiger partial charge in [0.05, 0.1) is 17.3 Å². The van der Waals surface area contributed by atoms with Gasteiger partial charge in [0, 0.05) is 44.7 Å². The van der Waals surface area contributed by atoms with Gasteiger partial charge in [-0.1, -0.05) is 30.9 Å². The minimum Gasteiger partial charge on any atom is -0.486 e. The molecule has 164 valence electrons. The fraction of sp³-hybridized carbons (Fsp3) is 0.636. The van der Waals surface area contributed by atoms with Gasteiger partial charge in [-0.3, -0.25) is 14.5 Å². The van der Waals surface area contributed by atoms with E-state index in [1.807, 2.05) is 4.90 Å². The zero-order valence-corrected chi connectivity index (χ0v) is 18.1. The van der Waals surface area contributed by atoms with E-state index in [4.69, 9.17) is 21.1 Å². The van der Waals surface area contributed by atoms with E-state index in [2.05, 4.69) is 10.2 Å². The minimum atomic E-state index is -0.129. The Balaban J connectivity index is 1.23. The lowest BCUT2D eigenvalue weighted by atomic mass is 9.86. The number of amides is 2. The zero-order chi connectivity index (χ0) is 20.9. The van der Waals surface area contributed by atoms with Gasteiger partial charge in [-0.2, -0.15) is 0 Å². The van der Waals surface area contributed by atoms with Crippen molar-refractivity contribution in [3.63, 3.8) is 0 Å². The fourth-order valence-electron chi connectivity index (χ4n) is 4.48. The quantitative estimate of drug-likeness (QED) is 0.769. The summed E-state index contributed by atoms with van der Waals surface area (Å²) in [6.07, 6.45) is 6.89. The van der Waals surface area contributed by atoms with Crippen LogP contribution in [0.15, 0.2) is 12.1 Å². The van der Waals surface area contributed by atoms with Gasteiger partial charge in [0.1, 0.15) is 13.2 Å². The van der Waals surface area contributed by atoms with Gasteiger partial charge in [0.15, 0.2) is 11.5 Å². The first-order valence-electron chi connectivity index (χ1n) is 11.0. The molecule has 1 saturated carbocycles. The van der Waals surface area contributed by atoms with E-state index in [1.165, 1.54) is 32.1 Å². The highest BCUT2D eigenvalue weighted by atomic mass is 35.5. The highest BCUT2D eigenvalue weighted by Gasteiger charge is 2.25. The Hall–Kier alpha value is -1.99. The first-order chi connectivity index (χ1) is 14.6. The number of hydrogen-bond donors (Lipinski definition) is 1. The predicted molar refractivity (Wildman–Crippen MR) is 115 cm³/mol. The van der Waals surface area contributed by atoms with Gasteiger partial charge in [0.25, 0.3) is 0 Å². The molecule has 8 heteroatoms. The Morgan fingerprint density at radius 3 is 2.37 bits per heavy atom. The smallest absolute Gasteiger partial charge is 0.238 e. The molecule has 1 aliphatic carbocycles. The Labute approximate surface area is 182 Å². The van der Waals surface area contributed by atoms with Gasteiger partial charge in [0.2, 0.25) is 11.8 Å². The molecule has 0 unspecified atom stereocenters. The second-order valence-electron chi connectivity index (χ2n) is 8.39. The third-order valence-electron chi connectivity index (χ3n) is 6.19. The highest BCUT2D eigenvalue weighted by Crippen LogP contribution is 2.38. The standard InChI is InChI=1S/C22H30ClN3O4/c23-17-13-19-20(30-11-10-29-19)14-18(17)24-21(27)15-25-6-8-26(9-7-25)22(28)12-16-4-2-1-3-5-16/h13-14,16H,1-12,15H2,(H,24,27). The van der Waals surface area contributed by atoms with E-state index in [9.17, 15) is 9.59 Å². The second-order valence-corrected chi connectivity index (χ2v) is 8.80. The van der Waals surface area contributed by atoms with Crippen molar-refractivity contribution in [2.45, 2.75) is 38.5 Å². The summed E-state index contributed by atoms with van der Waals surface area (Å²) < 4.78 is 11.1. The fourth-order valence-corrected chi connectivity index (χ4v) is 4.68. The van der Waals surface area contributed by atoms with Crippen molar-refractivity contribution >= 4 is 29.1 Å². The lowest BCUT2D eigenvalue weighted by Crippen LogP contribution is -2.50. The van der Waals surface area contributed by atoms with E-state index in [0.717, 1.165) is 0 Å². The number of carbonyl (C=O) groups excluding carboxylic acids is 2. The molecule has 2 amide bonds. The lowest BCUT2D eigenvalue weighted by molar-refractivity contribution is -0.134. The second kappa shape index (κ2) is 9.88. The SMILES string of the molecule is O=C(CN1CCN(C(=O)CC2CCCCC2)CC1)Nc1cc2c(cc1Cl)OCCO2. The molecule has 0 aromatic heterocycles. The van der Waals surface area contributed by atoms with Gasteiger partial charge in [-0.15, -0.1) is 0 Å². The predicted octanol–water partition coefficient (Wildman–Crippen LogP) is 3.16. The van der Waals surface area contributed by atoms with Crippen molar-refractivity contribution in [2.75, 3.05) is 51.3 Å². The van der Waals surface area contributed by atoms with Crippen molar-refractivity contribution in [2.24, 2.45) is 5.92 Å². The molecule has 1 aromatic rings. The van der Waals surface area contributed by atoms with Crippen molar-refractivity contribution < 1.29 is 19.1 Å². The number of fused-ring (bicyclic) bond motifs is 1. The number of halogens is 1. The topological polar surface area (TPSA) is 71.1 Å². The average molecular weight is 436 g/mol. The summed E-state index contributed by atoms with van der Waals surface area (Å²) in [6, 6.07) is 3.37. The van der Waals surface area contributed by atoms with Crippen molar-refractivity contribution in [3.8, 4) is 11.5 Å². The largest absolute Gasteiger partial charge is 0.486 e. The Bertz CT molecular complexity index is 774. The number of piperazine rings is 1. The van der Waals surface area contributed by atoms with E-state index in [0.29, 0.717) is 73.9 Å². The normalized spacial score (nSPS) is 20.1.